The quantitative estimate of drug-likeness (QED) is 0.328. The van der Waals surface area contributed by atoms with Crippen molar-refractivity contribution < 1.29 is 4.74 Å². The van der Waals surface area contributed by atoms with Crippen molar-refractivity contribution in [1.82, 2.24) is 5.32 Å². The molecule has 0 saturated heterocycles. The first kappa shape index (κ1) is 21.5. The Morgan fingerprint density at radius 3 is 2.32 bits per heavy atom. The largest absolute Gasteiger partial charge is 0.489 e. The summed E-state index contributed by atoms with van der Waals surface area (Å²) in [6, 6.07) is 19.5. The zero-order chi connectivity index (χ0) is 19.9. The van der Waals surface area contributed by atoms with Crippen molar-refractivity contribution in [3.05, 3.63) is 96.9 Å². The van der Waals surface area contributed by atoms with Gasteiger partial charge in [-0.15, -0.1) is 0 Å². The Labute approximate surface area is 188 Å². The zero-order valence-corrected chi connectivity index (χ0v) is 18.9. The van der Waals surface area contributed by atoms with Crippen LogP contribution >= 0.6 is 50.7 Å². The van der Waals surface area contributed by atoms with E-state index in [0.29, 0.717) is 23.2 Å². The lowest BCUT2D eigenvalue weighted by Crippen LogP contribution is -2.17. The van der Waals surface area contributed by atoms with E-state index in [4.69, 9.17) is 39.5 Å². The lowest BCUT2D eigenvalue weighted by molar-refractivity contribution is 0.302. The monoisotopic (exact) mass is 497 g/mol. The molecule has 0 bridgehead atoms. The molecule has 0 saturated carbocycles. The van der Waals surface area contributed by atoms with Gasteiger partial charge < -0.3 is 10.1 Å². The third kappa shape index (κ3) is 6.40. The molecule has 0 spiro atoms. The Morgan fingerprint density at radius 1 is 0.821 bits per heavy atom. The molecule has 0 radical (unpaired) electrons. The van der Waals surface area contributed by atoms with E-state index in [1.807, 2.05) is 36.4 Å². The SMILES string of the molecule is Clc1ccc(CCNCc2cc(Br)ccc2OCc2ccc(Cl)c(Cl)c2)cc1. The van der Waals surface area contributed by atoms with Crippen LogP contribution in [0, 0.1) is 0 Å². The topological polar surface area (TPSA) is 21.3 Å². The molecule has 0 heterocycles. The van der Waals surface area contributed by atoms with Crippen LogP contribution in [0.5, 0.6) is 5.75 Å². The molecular formula is C22H19BrCl3NO. The van der Waals surface area contributed by atoms with Crippen molar-refractivity contribution in [3.8, 4) is 5.75 Å². The first-order chi connectivity index (χ1) is 13.5. The van der Waals surface area contributed by atoms with Gasteiger partial charge in [-0.05, 0) is 66.6 Å². The lowest BCUT2D eigenvalue weighted by Gasteiger charge is -2.13. The van der Waals surface area contributed by atoms with Crippen LogP contribution in [0.3, 0.4) is 0 Å². The summed E-state index contributed by atoms with van der Waals surface area (Å²) in [5, 5.41) is 5.31. The lowest BCUT2D eigenvalue weighted by atomic mass is 10.1. The molecule has 2 nitrogen and oxygen atoms in total. The maximum absolute atomic E-state index is 6.08. The van der Waals surface area contributed by atoms with Crippen LogP contribution in [0.25, 0.3) is 0 Å². The zero-order valence-electron chi connectivity index (χ0n) is 15.0. The summed E-state index contributed by atoms with van der Waals surface area (Å²) in [5.41, 5.74) is 3.31. The summed E-state index contributed by atoms with van der Waals surface area (Å²) in [4.78, 5) is 0. The first-order valence-corrected chi connectivity index (χ1v) is 10.7. The van der Waals surface area contributed by atoms with E-state index in [-0.39, 0.29) is 0 Å². The molecular weight excluding hydrogens is 481 g/mol. The first-order valence-electron chi connectivity index (χ1n) is 8.81. The molecule has 28 heavy (non-hydrogen) atoms. The van der Waals surface area contributed by atoms with Gasteiger partial charge in [0.25, 0.3) is 0 Å². The minimum Gasteiger partial charge on any atom is -0.489 e. The van der Waals surface area contributed by atoms with Gasteiger partial charge in [-0.25, -0.2) is 0 Å². The second-order valence-electron chi connectivity index (χ2n) is 6.34. The van der Waals surface area contributed by atoms with Gasteiger partial charge in [0.05, 0.1) is 10.0 Å². The van der Waals surface area contributed by atoms with E-state index in [1.54, 1.807) is 6.07 Å². The summed E-state index contributed by atoms with van der Waals surface area (Å²) >= 11 is 21.5. The molecule has 0 atom stereocenters. The molecule has 0 aromatic heterocycles. The number of ether oxygens (including phenoxy) is 1. The maximum atomic E-state index is 6.08. The summed E-state index contributed by atoms with van der Waals surface area (Å²) < 4.78 is 7.04. The Balaban J connectivity index is 1.57. The number of hydrogen-bond donors (Lipinski definition) is 1. The Kier molecular flexibility index (Phi) is 8.07. The predicted molar refractivity (Wildman–Crippen MR) is 122 cm³/mol. The molecule has 0 amide bonds. The van der Waals surface area contributed by atoms with E-state index in [2.05, 4.69) is 39.4 Å². The van der Waals surface area contributed by atoms with Gasteiger partial charge in [0.1, 0.15) is 12.4 Å². The number of benzene rings is 3. The smallest absolute Gasteiger partial charge is 0.124 e. The predicted octanol–water partition coefficient (Wildman–Crippen LogP) is 7.32. The van der Waals surface area contributed by atoms with Crippen LogP contribution in [0.4, 0.5) is 0 Å². The van der Waals surface area contributed by atoms with Crippen LogP contribution in [0.2, 0.25) is 15.1 Å². The van der Waals surface area contributed by atoms with Gasteiger partial charge in [-0.1, -0.05) is 68.9 Å². The third-order valence-electron chi connectivity index (χ3n) is 4.22. The number of halogens is 4. The fourth-order valence-corrected chi connectivity index (χ4v) is 3.58. The molecule has 146 valence electrons. The molecule has 0 aliphatic heterocycles. The van der Waals surface area contributed by atoms with Gasteiger partial charge in [-0.2, -0.15) is 0 Å². The van der Waals surface area contributed by atoms with E-state index in [9.17, 15) is 0 Å². The molecule has 3 rings (SSSR count). The Bertz CT molecular complexity index is 932. The van der Waals surface area contributed by atoms with Crippen molar-refractivity contribution in [3.63, 3.8) is 0 Å². The summed E-state index contributed by atoms with van der Waals surface area (Å²) in [6.07, 6.45) is 0.935. The molecule has 3 aromatic carbocycles. The average Bonchev–Trinajstić information content (AvgIpc) is 2.68. The van der Waals surface area contributed by atoms with Gasteiger partial charge in [0.2, 0.25) is 0 Å². The van der Waals surface area contributed by atoms with Crippen molar-refractivity contribution in [2.24, 2.45) is 0 Å². The highest BCUT2D eigenvalue weighted by molar-refractivity contribution is 9.10. The summed E-state index contributed by atoms with van der Waals surface area (Å²) in [6.45, 7) is 2.00. The number of nitrogens with one attached hydrogen (secondary N) is 1. The molecule has 0 aliphatic carbocycles. The van der Waals surface area contributed by atoms with Crippen molar-refractivity contribution in [2.75, 3.05) is 6.54 Å². The highest BCUT2D eigenvalue weighted by Crippen LogP contribution is 2.26. The van der Waals surface area contributed by atoms with E-state index in [0.717, 1.165) is 39.3 Å². The number of rotatable bonds is 8. The fourth-order valence-electron chi connectivity index (χ4n) is 2.72. The van der Waals surface area contributed by atoms with Gasteiger partial charge in [0, 0.05) is 21.6 Å². The van der Waals surface area contributed by atoms with Crippen LogP contribution in [0.15, 0.2) is 65.1 Å². The Hall–Kier alpha value is -1.23. The van der Waals surface area contributed by atoms with E-state index in [1.165, 1.54) is 5.56 Å². The standard InChI is InChI=1S/C22H19BrCl3NO/c23-18-4-8-22(28-14-16-3-7-20(25)21(26)11-16)17(12-18)13-27-10-9-15-1-5-19(24)6-2-15/h1-8,11-12,27H,9-10,13-14H2. The minimum atomic E-state index is 0.427. The van der Waals surface area contributed by atoms with Crippen molar-refractivity contribution in [1.29, 1.82) is 0 Å². The Morgan fingerprint density at radius 2 is 1.57 bits per heavy atom. The molecule has 0 fully saturated rings. The van der Waals surface area contributed by atoms with Crippen LogP contribution in [-0.2, 0) is 19.6 Å². The average molecular weight is 500 g/mol. The number of hydrogen-bond acceptors (Lipinski definition) is 2. The molecule has 0 aliphatic rings. The molecule has 0 unspecified atom stereocenters. The van der Waals surface area contributed by atoms with E-state index < -0.39 is 0 Å². The maximum Gasteiger partial charge on any atom is 0.124 e. The highest BCUT2D eigenvalue weighted by atomic mass is 79.9. The van der Waals surface area contributed by atoms with Crippen LogP contribution < -0.4 is 10.1 Å². The van der Waals surface area contributed by atoms with Gasteiger partial charge in [0.15, 0.2) is 0 Å². The minimum absolute atomic E-state index is 0.427. The van der Waals surface area contributed by atoms with Gasteiger partial charge in [-0.3, -0.25) is 0 Å². The summed E-state index contributed by atoms with van der Waals surface area (Å²) in [7, 11) is 0. The van der Waals surface area contributed by atoms with Crippen LogP contribution in [0.1, 0.15) is 16.7 Å². The van der Waals surface area contributed by atoms with Crippen LogP contribution in [-0.4, -0.2) is 6.54 Å². The normalized spacial score (nSPS) is 10.9. The summed E-state index contributed by atoms with van der Waals surface area (Å²) in [5.74, 6) is 0.841. The fraction of sp³-hybridized carbons (Fsp3) is 0.182. The molecule has 6 heteroatoms. The second kappa shape index (κ2) is 10.5. The highest BCUT2D eigenvalue weighted by Gasteiger charge is 2.07. The van der Waals surface area contributed by atoms with Crippen molar-refractivity contribution in [2.45, 2.75) is 19.6 Å². The van der Waals surface area contributed by atoms with Gasteiger partial charge >= 0.3 is 0 Å². The molecule has 1 N–H and O–H groups in total. The van der Waals surface area contributed by atoms with Crippen molar-refractivity contribution >= 4 is 50.7 Å². The third-order valence-corrected chi connectivity index (χ3v) is 5.70. The molecule has 3 aromatic rings. The second-order valence-corrected chi connectivity index (χ2v) is 8.51. The van der Waals surface area contributed by atoms with E-state index >= 15 is 0 Å².